The van der Waals surface area contributed by atoms with Crippen molar-refractivity contribution in [3.8, 4) is 10.6 Å². The highest BCUT2D eigenvalue weighted by atomic mass is 127. The Bertz CT molecular complexity index is 800. The van der Waals surface area contributed by atoms with E-state index in [2.05, 4.69) is 57.6 Å². The van der Waals surface area contributed by atoms with E-state index < -0.39 is 0 Å². The molecule has 2 N–H and O–H groups in total. The van der Waals surface area contributed by atoms with E-state index >= 15 is 0 Å². The van der Waals surface area contributed by atoms with Gasteiger partial charge in [0.1, 0.15) is 5.01 Å². The van der Waals surface area contributed by atoms with Gasteiger partial charge >= 0.3 is 0 Å². The highest BCUT2D eigenvalue weighted by Crippen LogP contribution is 2.23. The molecule has 0 saturated carbocycles. The molecule has 0 radical (unpaired) electrons. The standard InChI is InChI=1S/C19H22N4S2.HI/c1-14(17-9-6-10-24-17)11-21-19(20-2)22-12-16-13-25-18(23-16)15-7-4-3-5-8-15;/h3-10,13-14H,11-12H2,1-2H3,(H2,20,21,22);1H. The summed E-state index contributed by atoms with van der Waals surface area (Å²) in [4.78, 5) is 10.4. The zero-order valence-electron chi connectivity index (χ0n) is 14.8. The quantitative estimate of drug-likeness (QED) is 0.287. The highest BCUT2D eigenvalue weighted by molar-refractivity contribution is 14.0. The van der Waals surface area contributed by atoms with Crippen molar-refractivity contribution in [2.45, 2.75) is 19.4 Å². The number of aromatic nitrogens is 1. The Kier molecular flexibility index (Phi) is 8.53. The molecule has 1 aromatic carbocycles. The lowest BCUT2D eigenvalue weighted by molar-refractivity contribution is 0.706. The van der Waals surface area contributed by atoms with Gasteiger partial charge in [-0.2, -0.15) is 0 Å². The fraction of sp³-hybridized carbons (Fsp3) is 0.263. The smallest absolute Gasteiger partial charge is 0.191 e. The lowest BCUT2D eigenvalue weighted by atomic mass is 10.1. The van der Waals surface area contributed by atoms with Crippen LogP contribution in [0.5, 0.6) is 0 Å². The van der Waals surface area contributed by atoms with Crippen LogP contribution in [-0.2, 0) is 6.54 Å². The Balaban J connectivity index is 0.00000243. The van der Waals surface area contributed by atoms with Crippen molar-refractivity contribution in [3.05, 3.63) is 63.8 Å². The van der Waals surface area contributed by atoms with Gasteiger partial charge in [-0.1, -0.05) is 43.3 Å². The highest BCUT2D eigenvalue weighted by Gasteiger charge is 2.08. The zero-order valence-corrected chi connectivity index (χ0v) is 18.8. The van der Waals surface area contributed by atoms with Gasteiger partial charge in [0.2, 0.25) is 0 Å². The number of nitrogens with zero attached hydrogens (tertiary/aromatic N) is 2. The van der Waals surface area contributed by atoms with E-state index in [9.17, 15) is 0 Å². The monoisotopic (exact) mass is 498 g/mol. The summed E-state index contributed by atoms with van der Waals surface area (Å²) in [6.45, 7) is 3.74. The number of hydrogen-bond acceptors (Lipinski definition) is 4. The third-order valence-corrected chi connectivity index (χ3v) is 5.88. The van der Waals surface area contributed by atoms with Gasteiger partial charge in [0.05, 0.1) is 12.2 Å². The van der Waals surface area contributed by atoms with E-state index in [1.54, 1.807) is 29.7 Å². The van der Waals surface area contributed by atoms with Crippen LogP contribution in [0.2, 0.25) is 0 Å². The number of nitrogens with one attached hydrogen (secondary N) is 2. The average Bonchev–Trinajstić information content (AvgIpc) is 3.34. The number of hydrogen-bond donors (Lipinski definition) is 2. The number of halogens is 1. The first kappa shape index (κ1) is 20.9. The second-order valence-corrected chi connectivity index (χ2v) is 7.57. The molecule has 0 amide bonds. The number of guanidine groups is 1. The van der Waals surface area contributed by atoms with E-state index in [0.717, 1.165) is 28.8 Å². The van der Waals surface area contributed by atoms with Crippen molar-refractivity contribution < 1.29 is 0 Å². The second-order valence-electron chi connectivity index (χ2n) is 5.73. The third kappa shape index (κ3) is 5.78. The predicted octanol–water partition coefficient (Wildman–Crippen LogP) is 4.96. The minimum absolute atomic E-state index is 0. The maximum absolute atomic E-state index is 4.70. The summed E-state index contributed by atoms with van der Waals surface area (Å²) >= 11 is 3.46. The van der Waals surface area contributed by atoms with Crippen molar-refractivity contribution in [2.75, 3.05) is 13.6 Å². The van der Waals surface area contributed by atoms with Crippen LogP contribution in [0, 0.1) is 0 Å². The van der Waals surface area contributed by atoms with Crippen LogP contribution in [-0.4, -0.2) is 24.5 Å². The largest absolute Gasteiger partial charge is 0.356 e. The molecule has 0 bridgehead atoms. The molecule has 0 aliphatic heterocycles. The third-order valence-electron chi connectivity index (χ3n) is 3.84. The number of thiophene rings is 1. The van der Waals surface area contributed by atoms with E-state index in [0.29, 0.717) is 12.5 Å². The lowest BCUT2D eigenvalue weighted by Crippen LogP contribution is -2.38. The van der Waals surface area contributed by atoms with Crippen LogP contribution in [0.25, 0.3) is 10.6 Å². The SMILES string of the molecule is CN=C(NCc1csc(-c2ccccc2)n1)NCC(C)c1cccs1.I. The Morgan fingerprint density at radius 3 is 2.62 bits per heavy atom. The first-order valence-corrected chi connectivity index (χ1v) is 10.00. The molecule has 138 valence electrons. The summed E-state index contributed by atoms with van der Waals surface area (Å²) in [5, 5.41) is 12.0. The van der Waals surface area contributed by atoms with Crippen LogP contribution in [0.4, 0.5) is 0 Å². The fourth-order valence-electron chi connectivity index (χ4n) is 2.42. The van der Waals surface area contributed by atoms with Crippen molar-refractivity contribution >= 4 is 52.6 Å². The Labute approximate surface area is 179 Å². The van der Waals surface area contributed by atoms with Crippen molar-refractivity contribution in [3.63, 3.8) is 0 Å². The summed E-state index contributed by atoms with van der Waals surface area (Å²) in [6, 6.07) is 14.5. The van der Waals surface area contributed by atoms with Gasteiger partial charge < -0.3 is 10.6 Å². The van der Waals surface area contributed by atoms with Crippen LogP contribution in [0.1, 0.15) is 23.4 Å². The van der Waals surface area contributed by atoms with E-state index in [1.165, 1.54) is 4.88 Å². The van der Waals surface area contributed by atoms with Gasteiger partial charge in [-0.25, -0.2) is 4.98 Å². The molecule has 0 fully saturated rings. The molecular weight excluding hydrogens is 475 g/mol. The molecule has 1 unspecified atom stereocenters. The normalized spacial score (nSPS) is 12.3. The number of aliphatic imine (C=N–C) groups is 1. The molecule has 0 aliphatic carbocycles. The maximum atomic E-state index is 4.70. The first-order valence-electron chi connectivity index (χ1n) is 8.24. The minimum atomic E-state index is 0. The molecular formula is C19H23IN4S2. The van der Waals surface area contributed by atoms with Crippen LogP contribution in [0.3, 0.4) is 0 Å². The van der Waals surface area contributed by atoms with Gasteiger partial charge in [0, 0.05) is 35.3 Å². The van der Waals surface area contributed by atoms with Crippen molar-refractivity contribution in [1.29, 1.82) is 0 Å². The summed E-state index contributed by atoms with van der Waals surface area (Å²) in [6.07, 6.45) is 0. The van der Waals surface area contributed by atoms with Gasteiger partial charge in [-0.05, 0) is 11.4 Å². The van der Waals surface area contributed by atoms with Crippen LogP contribution < -0.4 is 10.6 Å². The van der Waals surface area contributed by atoms with Gasteiger partial charge in [-0.15, -0.1) is 46.7 Å². The zero-order chi connectivity index (χ0) is 17.5. The summed E-state index contributed by atoms with van der Waals surface area (Å²) in [5.74, 6) is 1.26. The molecule has 0 saturated heterocycles. The molecule has 1 atom stereocenters. The topological polar surface area (TPSA) is 49.3 Å². The molecule has 3 rings (SSSR count). The first-order chi connectivity index (χ1) is 12.3. The molecule has 7 heteroatoms. The number of thiazole rings is 1. The summed E-state index contributed by atoms with van der Waals surface area (Å²) in [5.41, 5.74) is 2.18. The van der Waals surface area contributed by atoms with Gasteiger partial charge in [0.15, 0.2) is 5.96 Å². The molecule has 0 spiro atoms. The molecule has 4 nitrogen and oxygen atoms in total. The molecule has 3 aromatic rings. The Hall–Kier alpha value is -1.45. The number of benzene rings is 1. The molecule has 0 aliphatic rings. The van der Waals surface area contributed by atoms with E-state index in [-0.39, 0.29) is 24.0 Å². The van der Waals surface area contributed by atoms with Crippen molar-refractivity contribution in [1.82, 2.24) is 15.6 Å². The molecule has 2 heterocycles. The van der Waals surface area contributed by atoms with Crippen molar-refractivity contribution in [2.24, 2.45) is 4.99 Å². The fourth-order valence-corrected chi connectivity index (χ4v) is 4.03. The van der Waals surface area contributed by atoms with Crippen LogP contribution >= 0.6 is 46.7 Å². The molecule has 26 heavy (non-hydrogen) atoms. The lowest BCUT2D eigenvalue weighted by Gasteiger charge is -2.14. The number of rotatable bonds is 6. The predicted molar refractivity (Wildman–Crippen MR) is 124 cm³/mol. The van der Waals surface area contributed by atoms with Crippen LogP contribution in [0.15, 0.2) is 58.2 Å². The van der Waals surface area contributed by atoms with Gasteiger partial charge in [0.25, 0.3) is 0 Å². The Morgan fingerprint density at radius 1 is 1.12 bits per heavy atom. The summed E-state index contributed by atoms with van der Waals surface area (Å²) < 4.78 is 0. The maximum Gasteiger partial charge on any atom is 0.191 e. The van der Waals surface area contributed by atoms with Gasteiger partial charge in [-0.3, -0.25) is 4.99 Å². The van der Waals surface area contributed by atoms with E-state index in [1.807, 2.05) is 18.2 Å². The summed E-state index contributed by atoms with van der Waals surface area (Å²) in [7, 11) is 1.79. The molecule has 2 aromatic heterocycles. The average molecular weight is 498 g/mol. The van der Waals surface area contributed by atoms with E-state index in [4.69, 9.17) is 4.98 Å². The Morgan fingerprint density at radius 2 is 1.92 bits per heavy atom. The minimum Gasteiger partial charge on any atom is -0.356 e. The second kappa shape index (κ2) is 10.6.